The molecule has 0 bridgehead atoms. The number of nitrogens with zero attached hydrogens (tertiary/aromatic N) is 2. The lowest BCUT2D eigenvalue weighted by Crippen LogP contribution is -2.18. The average molecular weight is 385 g/mol. The number of nitrogens with one attached hydrogen (secondary N) is 2. The first-order chi connectivity index (χ1) is 13.1. The number of aromatic amines is 1. The number of hydrazone groups is 1. The number of amides is 1. The van der Waals surface area contributed by atoms with E-state index in [1.54, 1.807) is 25.4 Å². The minimum Gasteiger partial charge on any atom is -0.497 e. The van der Waals surface area contributed by atoms with Crippen molar-refractivity contribution < 1.29 is 14.3 Å². The summed E-state index contributed by atoms with van der Waals surface area (Å²) in [6.07, 6.45) is 3.13. The third-order valence-corrected chi connectivity index (χ3v) is 4.06. The summed E-state index contributed by atoms with van der Waals surface area (Å²) >= 11 is 5.95. The number of ether oxygens (including phenoxy) is 2. The maximum atomic E-state index is 12.3. The van der Waals surface area contributed by atoms with Gasteiger partial charge in [-0.1, -0.05) is 11.6 Å². The van der Waals surface area contributed by atoms with Crippen LogP contribution in [0.2, 0.25) is 5.02 Å². The Labute approximate surface area is 161 Å². The highest BCUT2D eigenvalue weighted by Crippen LogP contribution is 2.23. The van der Waals surface area contributed by atoms with Gasteiger partial charge in [0.15, 0.2) is 0 Å². The number of methoxy groups -OCH3 is 2. The van der Waals surface area contributed by atoms with Crippen LogP contribution in [-0.4, -0.2) is 36.5 Å². The molecule has 0 saturated carbocycles. The minimum atomic E-state index is -0.430. The normalized spacial score (nSPS) is 10.8. The summed E-state index contributed by atoms with van der Waals surface area (Å²) in [5, 5.41) is 11.4. The molecular weight excluding hydrogens is 368 g/mol. The molecule has 0 saturated heterocycles. The molecule has 0 aliphatic heterocycles. The quantitative estimate of drug-likeness (QED) is 0.502. The maximum absolute atomic E-state index is 12.3. The van der Waals surface area contributed by atoms with E-state index in [0.717, 1.165) is 22.6 Å². The van der Waals surface area contributed by atoms with Crippen LogP contribution < -0.4 is 14.9 Å². The van der Waals surface area contributed by atoms with Crippen LogP contribution in [-0.2, 0) is 0 Å². The lowest BCUT2D eigenvalue weighted by Gasteiger charge is -2.07. The topological polar surface area (TPSA) is 88.6 Å². The second-order valence-corrected chi connectivity index (χ2v) is 5.91. The van der Waals surface area contributed by atoms with Gasteiger partial charge in [0.1, 0.15) is 11.5 Å². The molecule has 3 aromatic rings. The monoisotopic (exact) mass is 384 g/mol. The molecule has 0 fully saturated rings. The van der Waals surface area contributed by atoms with E-state index < -0.39 is 5.91 Å². The summed E-state index contributed by atoms with van der Waals surface area (Å²) in [7, 11) is 3.09. The van der Waals surface area contributed by atoms with Gasteiger partial charge in [-0.15, -0.1) is 0 Å². The number of hydrogen-bond donors (Lipinski definition) is 2. The highest BCUT2D eigenvalue weighted by atomic mass is 35.5. The third kappa shape index (κ3) is 4.27. The highest BCUT2D eigenvalue weighted by Gasteiger charge is 2.12. The first-order valence-electron chi connectivity index (χ1n) is 7.97. The Hall–Kier alpha value is -3.32. The molecular formula is C19H17ClN4O3. The Bertz CT molecular complexity index is 967. The molecule has 27 heavy (non-hydrogen) atoms. The number of carbonyl (C=O) groups is 1. The lowest BCUT2D eigenvalue weighted by molar-refractivity contribution is 0.0952. The van der Waals surface area contributed by atoms with Crippen LogP contribution in [0.25, 0.3) is 11.3 Å². The van der Waals surface area contributed by atoms with Crippen LogP contribution in [0.4, 0.5) is 0 Å². The van der Waals surface area contributed by atoms with Gasteiger partial charge >= 0.3 is 0 Å². The van der Waals surface area contributed by atoms with E-state index in [9.17, 15) is 4.79 Å². The fraction of sp³-hybridized carbons (Fsp3) is 0.105. The van der Waals surface area contributed by atoms with Crippen LogP contribution >= 0.6 is 11.6 Å². The molecule has 2 N–H and O–H groups in total. The number of H-pyrrole nitrogens is 1. The molecule has 3 rings (SSSR count). The summed E-state index contributed by atoms with van der Waals surface area (Å²) < 4.78 is 10.3. The number of halogens is 1. The highest BCUT2D eigenvalue weighted by molar-refractivity contribution is 6.31. The van der Waals surface area contributed by atoms with Gasteiger partial charge in [0.2, 0.25) is 0 Å². The molecule has 2 aromatic carbocycles. The van der Waals surface area contributed by atoms with E-state index >= 15 is 0 Å². The van der Waals surface area contributed by atoms with Crippen molar-refractivity contribution in [3.05, 3.63) is 64.8 Å². The Kier molecular flexibility index (Phi) is 5.73. The number of hydrogen-bond acceptors (Lipinski definition) is 5. The number of carbonyl (C=O) groups excluding carboxylic acids is 1. The molecule has 7 nitrogen and oxygen atoms in total. The molecule has 0 unspecified atom stereocenters. The average Bonchev–Trinajstić information content (AvgIpc) is 3.16. The van der Waals surface area contributed by atoms with Gasteiger partial charge in [-0.3, -0.25) is 9.89 Å². The summed E-state index contributed by atoms with van der Waals surface area (Å²) in [5.74, 6) is 0.741. The van der Waals surface area contributed by atoms with Crippen LogP contribution in [0.15, 0.2) is 53.8 Å². The van der Waals surface area contributed by atoms with Gasteiger partial charge < -0.3 is 9.47 Å². The second-order valence-electron chi connectivity index (χ2n) is 5.47. The Morgan fingerprint density at radius 2 is 1.96 bits per heavy atom. The number of benzene rings is 2. The van der Waals surface area contributed by atoms with Crippen LogP contribution in [0.3, 0.4) is 0 Å². The third-order valence-electron chi connectivity index (χ3n) is 3.82. The van der Waals surface area contributed by atoms with Crippen molar-refractivity contribution in [3.8, 4) is 22.8 Å². The molecule has 0 radical (unpaired) electrons. The van der Waals surface area contributed by atoms with Crippen molar-refractivity contribution >= 4 is 23.7 Å². The molecule has 0 spiro atoms. The largest absolute Gasteiger partial charge is 0.497 e. The first-order valence-corrected chi connectivity index (χ1v) is 8.35. The molecule has 1 amide bonds. The van der Waals surface area contributed by atoms with Crippen molar-refractivity contribution in [2.75, 3.05) is 14.2 Å². The molecule has 0 aliphatic carbocycles. The van der Waals surface area contributed by atoms with Gasteiger partial charge in [0.25, 0.3) is 5.91 Å². The summed E-state index contributed by atoms with van der Waals surface area (Å²) in [6.45, 7) is 0. The van der Waals surface area contributed by atoms with Crippen molar-refractivity contribution in [2.45, 2.75) is 0 Å². The van der Waals surface area contributed by atoms with Crippen molar-refractivity contribution in [2.24, 2.45) is 5.10 Å². The van der Waals surface area contributed by atoms with Crippen molar-refractivity contribution in [1.29, 1.82) is 0 Å². The summed E-state index contributed by atoms with van der Waals surface area (Å²) in [4.78, 5) is 12.3. The molecule has 0 aliphatic rings. The van der Waals surface area contributed by atoms with Gasteiger partial charge in [-0.25, -0.2) is 5.43 Å². The van der Waals surface area contributed by atoms with Gasteiger partial charge in [0, 0.05) is 16.1 Å². The van der Waals surface area contributed by atoms with Gasteiger partial charge in [-0.2, -0.15) is 10.2 Å². The molecule has 0 atom stereocenters. The fourth-order valence-corrected chi connectivity index (χ4v) is 2.63. The summed E-state index contributed by atoms with van der Waals surface area (Å²) in [6, 6.07) is 12.3. The van der Waals surface area contributed by atoms with E-state index in [4.69, 9.17) is 21.1 Å². The fourth-order valence-electron chi connectivity index (χ4n) is 2.46. The number of rotatable bonds is 6. The van der Waals surface area contributed by atoms with Crippen molar-refractivity contribution in [1.82, 2.24) is 15.6 Å². The molecule has 8 heteroatoms. The zero-order valence-electron chi connectivity index (χ0n) is 14.7. The molecule has 1 aromatic heterocycles. The second kappa shape index (κ2) is 8.37. The molecule has 1 heterocycles. The van der Waals surface area contributed by atoms with Crippen LogP contribution in [0.5, 0.6) is 11.5 Å². The van der Waals surface area contributed by atoms with E-state index in [0.29, 0.717) is 16.3 Å². The van der Waals surface area contributed by atoms with Crippen molar-refractivity contribution in [3.63, 3.8) is 0 Å². The summed E-state index contributed by atoms with van der Waals surface area (Å²) in [5.41, 5.74) is 5.17. The predicted molar refractivity (Wildman–Crippen MR) is 104 cm³/mol. The van der Waals surface area contributed by atoms with Crippen LogP contribution in [0.1, 0.15) is 15.9 Å². The van der Waals surface area contributed by atoms with E-state index in [2.05, 4.69) is 20.7 Å². The Morgan fingerprint density at radius 1 is 1.19 bits per heavy atom. The standard InChI is InChI=1S/C19H17ClN4O3/c1-26-15-6-3-12(4-7-15)18-13(10-21-23-18)11-22-24-19(25)16-9-14(20)5-8-17(16)27-2/h3-11H,1-2H3,(H,21,23)(H,24,25). The van der Waals surface area contributed by atoms with E-state index in [-0.39, 0.29) is 0 Å². The Morgan fingerprint density at radius 3 is 2.67 bits per heavy atom. The minimum absolute atomic E-state index is 0.296. The number of aromatic nitrogens is 2. The predicted octanol–water partition coefficient (Wildman–Crippen LogP) is 3.51. The van der Waals surface area contributed by atoms with E-state index in [1.807, 2.05) is 24.3 Å². The van der Waals surface area contributed by atoms with E-state index in [1.165, 1.54) is 19.4 Å². The zero-order chi connectivity index (χ0) is 19.2. The first kappa shape index (κ1) is 18.5. The van der Waals surface area contributed by atoms with Gasteiger partial charge in [-0.05, 0) is 42.5 Å². The van der Waals surface area contributed by atoms with Gasteiger partial charge in [0.05, 0.1) is 37.9 Å². The zero-order valence-corrected chi connectivity index (χ0v) is 15.4. The smallest absolute Gasteiger partial charge is 0.275 e. The maximum Gasteiger partial charge on any atom is 0.275 e. The Balaban J connectivity index is 1.75. The molecule has 138 valence electrons. The lowest BCUT2D eigenvalue weighted by atomic mass is 10.1. The van der Waals surface area contributed by atoms with Crippen LogP contribution in [0, 0.1) is 0 Å². The SMILES string of the molecule is COc1ccc(-c2[nH]ncc2C=NNC(=O)c2cc(Cl)ccc2OC)cc1.